The van der Waals surface area contributed by atoms with E-state index < -0.39 is 12.0 Å². The van der Waals surface area contributed by atoms with E-state index in [0.29, 0.717) is 13.1 Å². The molecule has 0 aliphatic heterocycles. The highest BCUT2D eigenvalue weighted by molar-refractivity contribution is 5.82. The van der Waals surface area contributed by atoms with E-state index in [1.807, 2.05) is 0 Å². The minimum Gasteiger partial charge on any atom is -0.480 e. The van der Waals surface area contributed by atoms with Gasteiger partial charge < -0.3 is 21.5 Å². The first kappa shape index (κ1) is 12.9. The number of hydrogen-bond donors (Lipinski definition) is 4. The summed E-state index contributed by atoms with van der Waals surface area (Å²) in [6.45, 7) is 2.72. The Labute approximate surface area is 82.9 Å². The quantitative estimate of drug-likeness (QED) is 0.377. The number of amides is 1. The van der Waals surface area contributed by atoms with Crippen molar-refractivity contribution in [2.75, 3.05) is 19.6 Å². The lowest BCUT2D eigenvalue weighted by Gasteiger charge is -2.13. The summed E-state index contributed by atoms with van der Waals surface area (Å²) in [6, 6.07) is -0.870. The van der Waals surface area contributed by atoms with Crippen LogP contribution in [0.1, 0.15) is 13.3 Å². The Hall–Kier alpha value is -1.14. The number of carbonyl (C=O) groups excluding carboxylic acids is 1. The van der Waals surface area contributed by atoms with E-state index in [0.717, 1.165) is 6.42 Å². The van der Waals surface area contributed by atoms with Crippen LogP contribution >= 0.6 is 0 Å². The number of nitrogens with two attached hydrogens (primary N) is 1. The summed E-state index contributed by atoms with van der Waals surface area (Å²) in [5.74, 6) is -1.39. The molecule has 0 spiro atoms. The van der Waals surface area contributed by atoms with Gasteiger partial charge >= 0.3 is 5.97 Å². The molecule has 6 nitrogen and oxygen atoms in total. The molecule has 14 heavy (non-hydrogen) atoms. The Morgan fingerprint density at radius 1 is 1.50 bits per heavy atom. The molecule has 1 amide bonds. The molecule has 0 rings (SSSR count). The fraction of sp³-hybridized carbons (Fsp3) is 0.750. The molecule has 0 heterocycles. The highest BCUT2D eigenvalue weighted by atomic mass is 16.4. The topological polar surface area (TPSA) is 104 Å². The van der Waals surface area contributed by atoms with E-state index in [-0.39, 0.29) is 12.5 Å². The number of hydrogen-bond acceptors (Lipinski definition) is 4. The Morgan fingerprint density at radius 3 is 2.57 bits per heavy atom. The zero-order valence-corrected chi connectivity index (χ0v) is 8.25. The predicted molar refractivity (Wildman–Crippen MR) is 51.8 cm³/mol. The summed E-state index contributed by atoms with van der Waals surface area (Å²) >= 11 is 0. The zero-order valence-electron chi connectivity index (χ0n) is 8.25. The van der Waals surface area contributed by atoms with Crippen LogP contribution in [0.2, 0.25) is 0 Å². The van der Waals surface area contributed by atoms with Crippen LogP contribution in [0.4, 0.5) is 0 Å². The first-order valence-electron chi connectivity index (χ1n) is 4.48. The maximum Gasteiger partial charge on any atom is 0.327 e. The Kier molecular flexibility index (Phi) is 6.69. The maximum absolute atomic E-state index is 10.6. The molecule has 0 aromatic rings. The Bertz CT molecular complexity index is 196. The van der Waals surface area contributed by atoms with Gasteiger partial charge in [0, 0.05) is 13.5 Å². The number of rotatable bonds is 7. The number of carbonyl (C=O) groups is 2. The lowest BCUT2D eigenvalue weighted by atomic mass is 10.3. The molecule has 0 aromatic carbocycles. The molecule has 0 aliphatic rings. The van der Waals surface area contributed by atoms with Crippen LogP contribution in [0.15, 0.2) is 0 Å². The second-order valence-corrected chi connectivity index (χ2v) is 2.94. The smallest absolute Gasteiger partial charge is 0.327 e. The molecule has 0 bridgehead atoms. The van der Waals surface area contributed by atoms with Crippen LogP contribution < -0.4 is 16.4 Å². The molecule has 0 radical (unpaired) electrons. The van der Waals surface area contributed by atoms with E-state index in [1.54, 1.807) is 0 Å². The number of aliphatic carboxylic acids is 1. The van der Waals surface area contributed by atoms with E-state index in [2.05, 4.69) is 10.6 Å². The molecule has 1 unspecified atom stereocenters. The zero-order chi connectivity index (χ0) is 11.0. The average molecular weight is 203 g/mol. The SMILES string of the molecule is CC(=O)NC(CNCCCN)C(=O)O. The van der Waals surface area contributed by atoms with Gasteiger partial charge in [0.2, 0.25) is 5.91 Å². The first-order chi connectivity index (χ1) is 6.57. The third kappa shape index (κ3) is 6.38. The summed E-state index contributed by atoms with van der Waals surface area (Å²) in [7, 11) is 0. The van der Waals surface area contributed by atoms with Gasteiger partial charge in [-0.3, -0.25) is 4.79 Å². The van der Waals surface area contributed by atoms with Crippen LogP contribution in [0.25, 0.3) is 0 Å². The standard InChI is InChI=1S/C8H17N3O3/c1-6(12)11-7(8(13)14)5-10-4-2-3-9/h7,10H,2-5,9H2,1H3,(H,11,12)(H,13,14). The molecular formula is C8H17N3O3. The van der Waals surface area contributed by atoms with Crippen molar-refractivity contribution in [2.24, 2.45) is 5.73 Å². The van der Waals surface area contributed by atoms with Gasteiger partial charge in [-0.05, 0) is 19.5 Å². The molecule has 1 atom stereocenters. The molecule has 0 saturated carbocycles. The second-order valence-electron chi connectivity index (χ2n) is 2.94. The van der Waals surface area contributed by atoms with Crippen molar-refractivity contribution in [2.45, 2.75) is 19.4 Å². The van der Waals surface area contributed by atoms with Crippen LogP contribution in [-0.2, 0) is 9.59 Å². The molecule has 5 N–H and O–H groups in total. The normalized spacial score (nSPS) is 12.1. The van der Waals surface area contributed by atoms with E-state index in [4.69, 9.17) is 10.8 Å². The average Bonchev–Trinajstić information content (AvgIpc) is 2.09. The molecule has 0 fully saturated rings. The Morgan fingerprint density at radius 2 is 2.14 bits per heavy atom. The highest BCUT2D eigenvalue weighted by Gasteiger charge is 2.16. The van der Waals surface area contributed by atoms with Gasteiger partial charge in [0.25, 0.3) is 0 Å². The van der Waals surface area contributed by atoms with Crippen molar-refractivity contribution in [3.05, 3.63) is 0 Å². The second kappa shape index (κ2) is 7.28. The third-order valence-electron chi connectivity index (χ3n) is 1.58. The monoisotopic (exact) mass is 203 g/mol. The first-order valence-corrected chi connectivity index (χ1v) is 4.48. The van der Waals surface area contributed by atoms with Gasteiger partial charge in [0.05, 0.1) is 0 Å². The van der Waals surface area contributed by atoms with Crippen LogP contribution in [0.3, 0.4) is 0 Å². The van der Waals surface area contributed by atoms with Crippen molar-refractivity contribution in [1.29, 1.82) is 0 Å². The summed E-state index contributed by atoms with van der Waals surface area (Å²) in [5.41, 5.74) is 5.26. The molecule has 0 aromatic heterocycles. The van der Waals surface area contributed by atoms with Gasteiger partial charge in [-0.1, -0.05) is 0 Å². The van der Waals surface area contributed by atoms with Gasteiger partial charge in [-0.15, -0.1) is 0 Å². The van der Waals surface area contributed by atoms with E-state index in [9.17, 15) is 9.59 Å². The van der Waals surface area contributed by atoms with Gasteiger partial charge in [-0.25, -0.2) is 4.79 Å². The van der Waals surface area contributed by atoms with Crippen molar-refractivity contribution in [3.63, 3.8) is 0 Å². The van der Waals surface area contributed by atoms with Crippen molar-refractivity contribution >= 4 is 11.9 Å². The summed E-state index contributed by atoms with van der Waals surface area (Å²) in [5, 5.41) is 13.9. The van der Waals surface area contributed by atoms with Crippen molar-refractivity contribution in [3.8, 4) is 0 Å². The minimum absolute atomic E-state index is 0.217. The third-order valence-corrected chi connectivity index (χ3v) is 1.58. The highest BCUT2D eigenvalue weighted by Crippen LogP contribution is 1.83. The molecule has 0 saturated heterocycles. The number of carboxylic acids is 1. The summed E-state index contributed by atoms with van der Waals surface area (Å²) < 4.78 is 0. The van der Waals surface area contributed by atoms with Crippen LogP contribution in [0, 0.1) is 0 Å². The largest absolute Gasteiger partial charge is 0.480 e. The fourth-order valence-electron chi connectivity index (χ4n) is 0.919. The van der Waals surface area contributed by atoms with Gasteiger partial charge in [0.15, 0.2) is 0 Å². The predicted octanol–water partition coefficient (Wildman–Crippen LogP) is -1.49. The summed E-state index contributed by atoms with van der Waals surface area (Å²) in [4.78, 5) is 21.2. The molecule has 0 aliphatic carbocycles. The van der Waals surface area contributed by atoms with Crippen molar-refractivity contribution in [1.82, 2.24) is 10.6 Å². The maximum atomic E-state index is 10.6. The Balaban J connectivity index is 3.74. The lowest BCUT2D eigenvalue weighted by Crippen LogP contribution is -2.46. The number of carboxylic acid groups (broad SMARTS) is 1. The molecule has 6 heteroatoms. The summed E-state index contributed by atoms with van der Waals surface area (Å²) in [6.07, 6.45) is 0.784. The van der Waals surface area contributed by atoms with Gasteiger partial charge in [-0.2, -0.15) is 0 Å². The minimum atomic E-state index is -1.04. The molecular weight excluding hydrogens is 186 g/mol. The van der Waals surface area contributed by atoms with E-state index in [1.165, 1.54) is 6.92 Å². The fourth-order valence-corrected chi connectivity index (χ4v) is 0.919. The van der Waals surface area contributed by atoms with Crippen molar-refractivity contribution < 1.29 is 14.7 Å². The number of nitrogens with one attached hydrogen (secondary N) is 2. The molecule has 82 valence electrons. The van der Waals surface area contributed by atoms with Gasteiger partial charge in [0.1, 0.15) is 6.04 Å². The lowest BCUT2D eigenvalue weighted by molar-refractivity contribution is -0.141. The van der Waals surface area contributed by atoms with Crippen LogP contribution in [0.5, 0.6) is 0 Å². The van der Waals surface area contributed by atoms with E-state index >= 15 is 0 Å². The van der Waals surface area contributed by atoms with Crippen LogP contribution in [-0.4, -0.2) is 42.7 Å².